The highest BCUT2D eigenvalue weighted by Gasteiger charge is 2.17. The second kappa shape index (κ2) is 13.1. The van der Waals surface area contributed by atoms with Crippen molar-refractivity contribution < 1.29 is 9.18 Å². The van der Waals surface area contributed by atoms with Gasteiger partial charge in [-0.05, 0) is 52.9 Å². The van der Waals surface area contributed by atoms with E-state index in [1.54, 1.807) is 21.6 Å². The summed E-state index contributed by atoms with van der Waals surface area (Å²) in [5, 5.41) is 1.01. The summed E-state index contributed by atoms with van der Waals surface area (Å²) in [6, 6.07) is 21.9. The van der Waals surface area contributed by atoms with Crippen LogP contribution in [-0.4, -0.2) is 26.9 Å². The third-order valence-corrected chi connectivity index (χ3v) is 7.43. The van der Waals surface area contributed by atoms with Gasteiger partial charge in [0.05, 0.1) is 0 Å². The largest absolute Gasteiger partial charge is 0.337 e. The number of thioether (sulfide) groups is 1. The Morgan fingerprint density at radius 2 is 1.55 bits per heavy atom. The average molecular weight is 571 g/mol. The van der Waals surface area contributed by atoms with Gasteiger partial charge in [0.2, 0.25) is 5.91 Å². The van der Waals surface area contributed by atoms with Crippen LogP contribution in [0, 0.1) is 5.82 Å². The molecule has 0 unspecified atom stereocenters. The molecule has 0 aliphatic heterocycles. The van der Waals surface area contributed by atoms with E-state index in [-0.39, 0.29) is 23.3 Å². The van der Waals surface area contributed by atoms with Gasteiger partial charge in [0.1, 0.15) is 17.4 Å². The van der Waals surface area contributed by atoms with Gasteiger partial charge in [-0.2, -0.15) is 4.98 Å². The predicted octanol–water partition coefficient (Wildman–Crippen LogP) is 7.09. The molecule has 0 spiro atoms. The van der Waals surface area contributed by atoms with Crippen molar-refractivity contribution in [2.45, 2.75) is 37.3 Å². The maximum absolute atomic E-state index is 13.4. The van der Waals surface area contributed by atoms with Gasteiger partial charge in [-0.15, -0.1) is 0 Å². The molecular weight excluding hydrogens is 544 g/mol. The zero-order chi connectivity index (χ0) is 27.1. The minimum atomic E-state index is -0.553. The summed E-state index contributed by atoms with van der Waals surface area (Å²) in [7, 11) is 0. The van der Waals surface area contributed by atoms with Gasteiger partial charge in [0.25, 0.3) is 5.56 Å². The van der Waals surface area contributed by atoms with E-state index in [9.17, 15) is 14.0 Å². The van der Waals surface area contributed by atoms with Crippen molar-refractivity contribution in [2.24, 2.45) is 0 Å². The molecule has 38 heavy (non-hydrogen) atoms. The van der Waals surface area contributed by atoms with Gasteiger partial charge in [-0.3, -0.25) is 9.59 Å². The Bertz CT molecular complexity index is 1440. The fourth-order valence-corrected chi connectivity index (χ4v) is 5.09. The van der Waals surface area contributed by atoms with Crippen LogP contribution in [0.25, 0.3) is 11.1 Å². The molecule has 0 aliphatic carbocycles. The highest BCUT2D eigenvalue weighted by atomic mass is 35.5. The lowest BCUT2D eigenvalue weighted by Crippen LogP contribution is -2.34. The van der Waals surface area contributed by atoms with Crippen molar-refractivity contribution >= 4 is 40.9 Å². The van der Waals surface area contributed by atoms with Crippen molar-refractivity contribution in [3.05, 3.63) is 116 Å². The van der Waals surface area contributed by atoms with Crippen LogP contribution < -0.4 is 5.56 Å². The van der Waals surface area contributed by atoms with Crippen molar-refractivity contribution in [2.75, 3.05) is 6.54 Å². The third kappa shape index (κ3) is 7.47. The highest BCUT2D eigenvalue weighted by molar-refractivity contribution is 7.98. The number of halogens is 3. The van der Waals surface area contributed by atoms with Gasteiger partial charge in [0, 0.05) is 30.1 Å². The fourth-order valence-electron chi connectivity index (χ4n) is 3.88. The summed E-state index contributed by atoms with van der Waals surface area (Å²) >= 11 is 13.4. The number of rotatable bonds is 10. The number of hydrogen-bond acceptors (Lipinski definition) is 4. The predicted molar refractivity (Wildman–Crippen MR) is 152 cm³/mol. The van der Waals surface area contributed by atoms with Crippen LogP contribution in [0.3, 0.4) is 0 Å². The molecule has 0 aliphatic rings. The molecule has 0 saturated heterocycles. The highest BCUT2D eigenvalue weighted by Crippen LogP contribution is 2.24. The van der Waals surface area contributed by atoms with Crippen molar-refractivity contribution in [3.8, 4) is 11.1 Å². The van der Waals surface area contributed by atoms with E-state index in [1.165, 1.54) is 30.1 Å². The molecule has 0 fully saturated rings. The molecule has 1 amide bonds. The summed E-state index contributed by atoms with van der Waals surface area (Å²) in [5.74, 6) is 0.0292. The van der Waals surface area contributed by atoms with Gasteiger partial charge < -0.3 is 9.47 Å². The van der Waals surface area contributed by atoms with Crippen molar-refractivity contribution in [1.82, 2.24) is 14.5 Å². The van der Waals surface area contributed by atoms with E-state index in [0.29, 0.717) is 29.0 Å². The van der Waals surface area contributed by atoms with Gasteiger partial charge in [-0.25, -0.2) is 4.39 Å². The number of benzene rings is 3. The Kier molecular flexibility index (Phi) is 9.61. The van der Waals surface area contributed by atoms with Crippen LogP contribution in [0.4, 0.5) is 4.39 Å². The number of nitrogens with zero attached hydrogens (tertiary/aromatic N) is 3. The number of hydrogen-bond donors (Lipinski definition) is 0. The Hall–Kier alpha value is -3.13. The molecule has 4 aromatic rings. The lowest BCUT2D eigenvalue weighted by atomic mass is 10.0. The zero-order valence-corrected chi connectivity index (χ0v) is 23.1. The molecule has 0 N–H and O–H groups in total. The lowest BCUT2D eigenvalue weighted by Gasteiger charge is -2.24. The quantitative estimate of drug-likeness (QED) is 0.151. The molecule has 196 valence electrons. The minimum Gasteiger partial charge on any atom is -0.337 e. The number of carbonyl (C=O) groups is 1. The lowest BCUT2D eigenvalue weighted by molar-refractivity contribution is -0.132. The molecule has 1 aromatic heterocycles. The van der Waals surface area contributed by atoms with E-state index in [4.69, 9.17) is 23.2 Å². The SMILES string of the molecule is CCCN(Cc1ccc(-c2ccc(Cl)cc2)cc1)C(=O)Cn1cc(Cl)c(=O)nc1SCc1ccc(F)cc1. The average Bonchev–Trinajstić information content (AvgIpc) is 2.91. The zero-order valence-electron chi connectivity index (χ0n) is 20.7. The molecule has 5 nitrogen and oxygen atoms in total. The first-order valence-electron chi connectivity index (χ1n) is 12.1. The van der Waals surface area contributed by atoms with E-state index in [0.717, 1.165) is 28.7 Å². The smallest absolute Gasteiger partial charge is 0.292 e. The summed E-state index contributed by atoms with van der Waals surface area (Å²) in [6.45, 7) is 3.04. The Labute approximate surface area is 235 Å². The number of aromatic nitrogens is 2. The molecule has 0 saturated carbocycles. The van der Waals surface area contributed by atoms with Crippen LogP contribution in [-0.2, 0) is 23.6 Å². The summed E-state index contributed by atoms with van der Waals surface area (Å²) in [4.78, 5) is 31.4. The maximum atomic E-state index is 13.4. The number of carbonyl (C=O) groups excluding carboxylic acids is 1. The third-order valence-electron chi connectivity index (χ3n) is 5.85. The van der Waals surface area contributed by atoms with E-state index in [1.807, 2.05) is 55.5 Å². The molecule has 1 heterocycles. The number of amides is 1. The first kappa shape index (κ1) is 27.9. The summed E-state index contributed by atoms with van der Waals surface area (Å²) in [6.07, 6.45) is 2.25. The molecule has 0 atom stereocenters. The van der Waals surface area contributed by atoms with Crippen LogP contribution >= 0.6 is 35.0 Å². The molecule has 0 radical (unpaired) electrons. The normalized spacial score (nSPS) is 10.9. The summed E-state index contributed by atoms with van der Waals surface area (Å²) < 4.78 is 14.8. The Balaban J connectivity index is 1.48. The van der Waals surface area contributed by atoms with Crippen molar-refractivity contribution in [1.29, 1.82) is 0 Å². The molecule has 3 aromatic carbocycles. The molecule has 9 heteroatoms. The minimum absolute atomic E-state index is 0.0123. The van der Waals surface area contributed by atoms with Gasteiger partial charge in [0.15, 0.2) is 5.16 Å². The Morgan fingerprint density at radius 1 is 0.947 bits per heavy atom. The summed E-state index contributed by atoms with van der Waals surface area (Å²) in [5.41, 5.74) is 3.45. The first-order chi connectivity index (χ1) is 18.3. The second-order valence-electron chi connectivity index (χ2n) is 8.74. The fraction of sp³-hybridized carbons (Fsp3) is 0.207. The molecule has 4 rings (SSSR count). The van der Waals surface area contributed by atoms with Gasteiger partial charge in [-0.1, -0.05) is 90.4 Å². The second-order valence-corrected chi connectivity index (χ2v) is 10.5. The first-order valence-corrected chi connectivity index (χ1v) is 13.8. The maximum Gasteiger partial charge on any atom is 0.292 e. The van der Waals surface area contributed by atoms with Crippen LogP contribution in [0.1, 0.15) is 24.5 Å². The van der Waals surface area contributed by atoms with Crippen LogP contribution in [0.5, 0.6) is 0 Å². The van der Waals surface area contributed by atoms with E-state index >= 15 is 0 Å². The van der Waals surface area contributed by atoms with Gasteiger partial charge >= 0.3 is 0 Å². The van der Waals surface area contributed by atoms with E-state index < -0.39 is 5.56 Å². The van der Waals surface area contributed by atoms with Crippen LogP contribution in [0.15, 0.2) is 88.9 Å². The Morgan fingerprint density at radius 3 is 2.18 bits per heavy atom. The molecular formula is C29H26Cl2FN3O2S. The van der Waals surface area contributed by atoms with Crippen LogP contribution in [0.2, 0.25) is 10.0 Å². The monoisotopic (exact) mass is 569 g/mol. The standard InChI is InChI=1S/C29H26Cl2FN3O2S/c1-2-15-34(16-20-3-7-22(8-4-20)23-9-11-24(30)12-10-23)27(36)18-35-17-26(31)28(37)33-29(35)38-19-21-5-13-25(32)14-6-21/h3-14,17H,2,15-16,18-19H2,1H3. The van der Waals surface area contributed by atoms with Crippen molar-refractivity contribution in [3.63, 3.8) is 0 Å². The molecule has 0 bridgehead atoms. The topological polar surface area (TPSA) is 55.2 Å². The van der Waals surface area contributed by atoms with E-state index in [2.05, 4.69) is 4.98 Å².